The molecule has 3 aromatic heterocycles. The van der Waals surface area contributed by atoms with Crippen LogP contribution in [0.25, 0.3) is 5.69 Å². The number of carbonyl (C=O) groups excluding carboxylic acids is 2. The smallest absolute Gasteiger partial charge is 0.324 e. The normalized spacial score (nSPS) is 11.1. The number of nitrogens with one attached hydrogen (secondary N) is 3. The molecule has 0 aliphatic heterocycles. The van der Waals surface area contributed by atoms with Gasteiger partial charge in [-0.3, -0.25) is 15.1 Å². The van der Waals surface area contributed by atoms with Crippen molar-refractivity contribution in [2.75, 3.05) is 17.2 Å². The monoisotopic (exact) mass is 578 g/mol. The minimum absolute atomic E-state index is 0.181. The van der Waals surface area contributed by atoms with Crippen molar-refractivity contribution in [2.24, 2.45) is 0 Å². The number of benzene rings is 2. The summed E-state index contributed by atoms with van der Waals surface area (Å²) in [5.41, 5.74) is 2.25. The van der Waals surface area contributed by atoms with Gasteiger partial charge in [0.1, 0.15) is 17.3 Å². The Morgan fingerprint density at radius 3 is 2.37 bits per heavy atom. The molecule has 0 saturated carbocycles. The van der Waals surface area contributed by atoms with E-state index in [4.69, 9.17) is 9.84 Å². The van der Waals surface area contributed by atoms with Crippen LogP contribution in [0.15, 0.2) is 97.8 Å². The van der Waals surface area contributed by atoms with Gasteiger partial charge >= 0.3 is 6.03 Å². The van der Waals surface area contributed by atoms with Gasteiger partial charge in [-0.25, -0.2) is 14.5 Å². The molecule has 0 aliphatic rings. The van der Waals surface area contributed by atoms with Crippen LogP contribution in [0.4, 0.5) is 16.3 Å². The van der Waals surface area contributed by atoms with Gasteiger partial charge in [0.25, 0.3) is 5.91 Å². The number of ether oxygens (including phenoxy) is 1. The van der Waals surface area contributed by atoms with E-state index >= 15 is 0 Å². The Morgan fingerprint density at radius 1 is 0.884 bits per heavy atom. The predicted molar refractivity (Wildman–Crippen MR) is 165 cm³/mol. The summed E-state index contributed by atoms with van der Waals surface area (Å²) in [5.74, 6) is 1.59. The van der Waals surface area contributed by atoms with E-state index < -0.39 is 6.03 Å². The average Bonchev–Trinajstić information content (AvgIpc) is 3.67. The summed E-state index contributed by atoms with van der Waals surface area (Å²) in [4.78, 5) is 33.9. The Morgan fingerprint density at radius 2 is 1.65 bits per heavy atom. The molecule has 3 N–H and O–H groups in total. The fourth-order valence-corrected chi connectivity index (χ4v) is 4.22. The van der Waals surface area contributed by atoms with E-state index in [0.29, 0.717) is 40.8 Å². The first-order chi connectivity index (χ1) is 20.7. The summed E-state index contributed by atoms with van der Waals surface area (Å²) in [6.45, 7) is 7.44. The SMILES string of the molecule is CC(C)(C)c1cc(NC(=O)Nc2ccc(Oc3ccncc3)cc2)n(-c2cccc(C(=O)NCCCn3ccnc3)c2)n1. The zero-order valence-corrected chi connectivity index (χ0v) is 24.3. The average molecular weight is 579 g/mol. The minimum Gasteiger partial charge on any atom is -0.457 e. The molecule has 0 bridgehead atoms. The van der Waals surface area contributed by atoms with Crippen LogP contribution in [0.2, 0.25) is 0 Å². The number of aromatic nitrogens is 5. The topological polar surface area (TPSA) is 128 Å². The summed E-state index contributed by atoms with van der Waals surface area (Å²) in [6.07, 6.45) is 9.46. The standard InChI is InChI=1S/C32H34N8O3/c1-32(2,3)28-21-29(37-31(42)36-24-8-10-26(11-9-24)43-27-12-15-33-16-13-27)40(38-28)25-7-4-6-23(20-25)30(41)35-14-5-18-39-19-17-34-22-39/h4,6-13,15-17,19-22H,5,14,18H2,1-3H3,(H,35,41)(H2,36,37,42). The highest BCUT2D eigenvalue weighted by Crippen LogP contribution is 2.27. The maximum absolute atomic E-state index is 13.0. The van der Waals surface area contributed by atoms with E-state index in [2.05, 4.69) is 25.9 Å². The van der Waals surface area contributed by atoms with Crippen LogP contribution in [0.5, 0.6) is 11.5 Å². The molecule has 3 amide bonds. The number of hydrogen-bond donors (Lipinski definition) is 3. The van der Waals surface area contributed by atoms with Crippen molar-refractivity contribution >= 4 is 23.4 Å². The number of anilines is 2. The van der Waals surface area contributed by atoms with Crippen LogP contribution < -0.4 is 20.7 Å². The Labute approximate surface area is 249 Å². The van der Waals surface area contributed by atoms with E-state index in [1.807, 2.05) is 43.7 Å². The molecule has 0 radical (unpaired) electrons. The van der Waals surface area contributed by atoms with Crippen molar-refractivity contribution in [1.29, 1.82) is 0 Å². The number of carbonyl (C=O) groups is 2. The molecule has 0 saturated heterocycles. The van der Waals surface area contributed by atoms with Crippen molar-refractivity contribution in [3.05, 3.63) is 109 Å². The molecule has 11 heteroatoms. The van der Waals surface area contributed by atoms with Gasteiger partial charge in [-0.15, -0.1) is 0 Å². The molecule has 11 nitrogen and oxygen atoms in total. The summed E-state index contributed by atoms with van der Waals surface area (Å²) in [5, 5.41) is 13.5. The van der Waals surface area contributed by atoms with Gasteiger partial charge in [0.2, 0.25) is 0 Å². The third-order valence-corrected chi connectivity index (χ3v) is 6.51. The molecular formula is C32H34N8O3. The van der Waals surface area contributed by atoms with Gasteiger partial charge in [-0.05, 0) is 61.0 Å². The minimum atomic E-state index is -0.434. The van der Waals surface area contributed by atoms with Crippen LogP contribution >= 0.6 is 0 Å². The zero-order chi connectivity index (χ0) is 30.2. The van der Waals surface area contributed by atoms with Gasteiger partial charge in [0, 0.05) is 60.6 Å². The first-order valence-electron chi connectivity index (χ1n) is 14.0. The lowest BCUT2D eigenvalue weighted by Gasteiger charge is -2.14. The number of imidazole rings is 1. The molecule has 3 heterocycles. The molecule has 2 aromatic carbocycles. The quantitative estimate of drug-likeness (QED) is 0.174. The van der Waals surface area contributed by atoms with E-state index in [9.17, 15) is 9.59 Å². The van der Waals surface area contributed by atoms with Crippen LogP contribution in [-0.2, 0) is 12.0 Å². The van der Waals surface area contributed by atoms with Gasteiger partial charge < -0.3 is 19.9 Å². The lowest BCUT2D eigenvalue weighted by Crippen LogP contribution is -2.25. The number of rotatable bonds is 10. The van der Waals surface area contributed by atoms with E-state index in [1.165, 1.54) is 0 Å². The van der Waals surface area contributed by atoms with Crippen molar-refractivity contribution < 1.29 is 14.3 Å². The molecule has 5 rings (SSSR count). The first kappa shape index (κ1) is 29.1. The second kappa shape index (κ2) is 13.0. The summed E-state index contributed by atoms with van der Waals surface area (Å²) < 4.78 is 9.40. The van der Waals surface area contributed by atoms with Crippen LogP contribution in [0.3, 0.4) is 0 Å². The fourth-order valence-electron chi connectivity index (χ4n) is 4.22. The number of urea groups is 1. The van der Waals surface area contributed by atoms with Gasteiger partial charge in [-0.2, -0.15) is 5.10 Å². The predicted octanol–water partition coefficient (Wildman–Crippen LogP) is 6.02. The van der Waals surface area contributed by atoms with Crippen LogP contribution in [-0.4, -0.2) is 42.8 Å². The fraction of sp³-hybridized carbons (Fsp3) is 0.219. The molecular weight excluding hydrogens is 544 g/mol. The molecule has 220 valence electrons. The Bertz CT molecular complexity index is 1660. The van der Waals surface area contributed by atoms with Crippen molar-refractivity contribution in [1.82, 2.24) is 29.6 Å². The largest absolute Gasteiger partial charge is 0.457 e. The second-order valence-corrected chi connectivity index (χ2v) is 10.9. The van der Waals surface area contributed by atoms with Crippen molar-refractivity contribution in [3.63, 3.8) is 0 Å². The van der Waals surface area contributed by atoms with E-state index in [1.54, 1.807) is 84.2 Å². The maximum atomic E-state index is 13.0. The van der Waals surface area contributed by atoms with Crippen LogP contribution in [0.1, 0.15) is 43.2 Å². The van der Waals surface area contributed by atoms with Gasteiger partial charge in [0.05, 0.1) is 17.7 Å². The number of aryl methyl sites for hydroxylation is 1. The Balaban J connectivity index is 1.26. The second-order valence-electron chi connectivity index (χ2n) is 10.9. The molecule has 43 heavy (non-hydrogen) atoms. The third kappa shape index (κ3) is 7.85. The van der Waals surface area contributed by atoms with Crippen LogP contribution in [0, 0.1) is 0 Å². The molecule has 0 fully saturated rings. The molecule has 0 atom stereocenters. The van der Waals surface area contributed by atoms with E-state index in [-0.39, 0.29) is 11.3 Å². The number of hydrogen-bond acceptors (Lipinski definition) is 6. The summed E-state index contributed by atoms with van der Waals surface area (Å²) in [6, 6.07) is 19.1. The van der Waals surface area contributed by atoms with Gasteiger partial charge in [-0.1, -0.05) is 26.8 Å². The summed E-state index contributed by atoms with van der Waals surface area (Å²) >= 11 is 0. The number of amides is 3. The maximum Gasteiger partial charge on any atom is 0.324 e. The Hall–Kier alpha value is -5.45. The van der Waals surface area contributed by atoms with E-state index in [0.717, 1.165) is 18.7 Å². The highest BCUT2D eigenvalue weighted by atomic mass is 16.5. The molecule has 0 unspecified atom stereocenters. The lowest BCUT2D eigenvalue weighted by atomic mass is 9.92. The Kier molecular flexibility index (Phi) is 8.80. The van der Waals surface area contributed by atoms with Crippen molar-refractivity contribution in [3.8, 4) is 17.2 Å². The highest BCUT2D eigenvalue weighted by Gasteiger charge is 2.22. The van der Waals surface area contributed by atoms with Crippen molar-refractivity contribution in [2.45, 2.75) is 39.2 Å². The first-order valence-corrected chi connectivity index (χ1v) is 14.0. The molecule has 0 aliphatic carbocycles. The summed E-state index contributed by atoms with van der Waals surface area (Å²) in [7, 11) is 0. The third-order valence-electron chi connectivity index (χ3n) is 6.51. The number of pyridine rings is 1. The highest BCUT2D eigenvalue weighted by molar-refractivity contribution is 5.99. The molecule has 0 spiro atoms. The van der Waals surface area contributed by atoms with Gasteiger partial charge in [0.15, 0.2) is 0 Å². The zero-order valence-electron chi connectivity index (χ0n) is 24.3. The molecule has 5 aromatic rings. The number of nitrogens with zero attached hydrogens (tertiary/aromatic N) is 5. The lowest BCUT2D eigenvalue weighted by molar-refractivity contribution is 0.0952.